The fourth-order valence-electron chi connectivity index (χ4n) is 1.87. The molecule has 2 aromatic carbocycles. The lowest BCUT2D eigenvalue weighted by molar-refractivity contribution is 0.1000. The highest BCUT2D eigenvalue weighted by molar-refractivity contribution is 6.35. The first-order valence-corrected chi connectivity index (χ1v) is 6.81. The highest BCUT2D eigenvalue weighted by Crippen LogP contribution is 2.23. The molecule has 5 heteroatoms. The van der Waals surface area contributed by atoms with Gasteiger partial charge in [-0.2, -0.15) is 0 Å². The van der Waals surface area contributed by atoms with Crippen LogP contribution in [0.25, 0.3) is 0 Å². The van der Waals surface area contributed by atoms with E-state index in [9.17, 15) is 4.79 Å². The summed E-state index contributed by atoms with van der Waals surface area (Å²) in [6.45, 7) is 2.49. The molecule has 20 heavy (non-hydrogen) atoms. The Morgan fingerprint density at radius 2 is 1.95 bits per heavy atom. The smallest absolute Gasteiger partial charge is 0.248 e. The molecule has 0 saturated heterocycles. The van der Waals surface area contributed by atoms with Crippen LogP contribution < -0.4 is 11.1 Å². The maximum absolute atomic E-state index is 11.1. The van der Waals surface area contributed by atoms with E-state index in [0.717, 1.165) is 16.8 Å². The molecule has 3 nitrogen and oxygen atoms in total. The van der Waals surface area contributed by atoms with E-state index in [1.54, 1.807) is 24.3 Å². The van der Waals surface area contributed by atoms with Crippen molar-refractivity contribution in [1.29, 1.82) is 0 Å². The predicted octanol–water partition coefficient (Wildman–Crippen LogP) is 4.01. The van der Waals surface area contributed by atoms with Crippen molar-refractivity contribution in [1.82, 2.24) is 0 Å². The highest BCUT2D eigenvalue weighted by atomic mass is 35.5. The Balaban J connectivity index is 2.13. The monoisotopic (exact) mass is 308 g/mol. The standard InChI is InChI=1S/C15H14Cl2N2O/c1-9-6-10(15(18)20)3-5-14(9)19-8-11-2-4-12(16)7-13(11)17/h2-7,19H,8H2,1H3,(H2,18,20). The minimum absolute atomic E-state index is 0.430. The van der Waals surface area contributed by atoms with Crippen LogP contribution in [0.3, 0.4) is 0 Å². The zero-order valence-corrected chi connectivity index (χ0v) is 12.4. The molecular formula is C15H14Cl2N2O. The van der Waals surface area contributed by atoms with Crippen molar-refractivity contribution in [3.63, 3.8) is 0 Å². The molecular weight excluding hydrogens is 295 g/mol. The van der Waals surface area contributed by atoms with Gasteiger partial charge in [-0.15, -0.1) is 0 Å². The van der Waals surface area contributed by atoms with Crippen molar-refractivity contribution >= 4 is 34.8 Å². The maximum Gasteiger partial charge on any atom is 0.248 e. The van der Waals surface area contributed by atoms with Crippen LogP contribution in [0.1, 0.15) is 21.5 Å². The molecule has 0 atom stereocenters. The Morgan fingerprint density at radius 1 is 1.20 bits per heavy atom. The van der Waals surface area contributed by atoms with Crippen LogP contribution in [-0.4, -0.2) is 5.91 Å². The van der Waals surface area contributed by atoms with E-state index in [1.807, 2.05) is 19.1 Å². The average molecular weight is 309 g/mol. The zero-order chi connectivity index (χ0) is 14.7. The van der Waals surface area contributed by atoms with Crippen molar-refractivity contribution in [3.8, 4) is 0 Å². The van der Waals surface area contributed by atoms with Crippen LogP contribution in [0.15, 0.2) is 36.4 Å². The molecule has 2 aromatic rings. The number of benzene rings is 2. The summed E-state index contributed by atoms with van der Waals surface area (Å²) in [6.07, 6.45) is 0. The van der Waals surface area contributed by atoms with Gasteiger partial charge < -0.3 is 11.1 Å². The van der Waals surface area contributed by atoms with Crippen LogP contribution in [0.5, 0.6) is 0 Å². The number of carbonyl (C=O) groups excluding carboxylic acids is 1. The first-order chi connectivity index (χ1) is 9.47. The second kappa shape index (κ2) is 6.16. The van der Waals surface area contributed by atoms with Crippen LogP contribution in [-0.2, 0) is 6.54 Å². The Labute approximate surface area is 127 Å². The molecule has 3 N–H and O–H groups in total. The number of halogens is 2. The predicted molar refractivity (Wildman–Crippen MR) is 83.5 cm³/mol. The van der Waals surface area contributed by atoms with Crippen LogP contribution in [0.4, 0.5) is 5.69 Å². The molecule has 0 saturated carbocycles. The first-order valence-electron chi connectivity index (χ1n) is 6.05. The lowest BCUT2D eigenvalue weighted by Crippen LogP contribution is -2.11. The number of anilines is 1. The number of hydrogen-bond acceptors (Lipinski definition) is 2. The Hall–Kier alpha value is -1.71. The molecule has 0 bridgehead atoms. The number of rotatable bonds is 4. The summed E-state index contributed by atoms with van der Waals surface area (Å²) in [5.74, 6) is -0.430. The number of nitrogens with two attached hydrogens (primary N) is 1. The lowest BCUT2D eigenvalue weighted by atomic mass is 10.1. The van der Waals surface area contributed by atoms with Gasteiger partial charge in [-0.25, -0.2) is 0 Å². The van der Waals surface area contributed by atoms with Gasteiger partial charge in [0.05, 0.1) is 0 Å². The second-order valence-corrected chi connectivity index (χ2v) is 5.33. The number of amides is 1. The van der Waals surface area contributed by atoms with E-state index in [-0.39, 0.29) is 0 Å². The number of nitrogens with one attached hydrogen (secondary N) is 1. The van der Waals surface area contributed by atoms with E-state index in [1.165, 1.54) is 0 Å². The normalized spacial score (nSPS) is 10.3. The number of hydrogen-bond donors (Lipinski definition) is 2. The van der Waals surface area contributed by atoms with E-state index in [0.29, 0.717) is 22.2 Å². The van der Waals surface area contributed by atoms with Crippen molar-refractivity contribution in [2.75, 3.05) is 5.32 Å². The SMILES string of the molecule is Cc1cc(C(N)=O)ccc1NCc1ccc(Cl)cc1Cl. The van der Waals surface area contributed by atoms with E-state index in [4.69, 9.17) is 28.9 Å². The molecule has 0 aliphatic carbocycles. The third-order valence-electron chi connectivity index (χ3n) is 3.00. The number of carbonyl (C=O) groups is 1. The fourth-order valence-corrected chi connectivity index (χ4v) is 2.35. The van der Waals surface area contributed by atoms with E-state index < -0.39 is 5.91 Å². The Morgan fingerprint density at radius 3 is 2.55 bits per heavy atom. The molecule has 0 aliphatic heterocycles. The van der Waals surface area contributed by atoms with Crippen LogP contribution in [0, 0.1) is 6.92 Å². The summed E-state index contributed by atoms with van der Waals surface area (Å²) in [7, 11) is 0. The van der Waals surface area contributed by atoms with Gasteiger partial charge in [0.2, 0.25) is 5.91 Å². The van der Waals surface area contributed by atoms with Gasteiger partial charge in [0.1, 0.15) is 0 Å². The summed E-state index contributed by atoms with van der Waals surface area (Å²) in [5, 5.41) is 4.51. The minimum Gasteiger partial charge on any atom is -0.381 e. The Kier molecular flexibility index (Phi) is 4.53. The largest absolute Gasteiger partial charge is 0.381 e. The van der Waals surface area contributed by atoms with Gasteiger partial charge in [-0.1, -0.05) is 29.3 Å². The first kappa shape index (κ1) is 14.7. The van der Waals surface area contributed by atoms with Gasteiger partial charge in [-0.05, 0) is 48.4 Å². The lowest BCUT2D eigenvalue weighted by Gasteiger charge is -2.11. The molecule has 0 fully saturated rings. The molecule has 0 radical (unpaired) electrons. The Bertz CT molecular complexity index is 656. The van der Waals surface area contributed by atoms with E-state index in [2.05, 4.69) is 5.32 Å². The maximum atomic E-state index is 11.1. The molecule has 0 aromatic heterocycles. The highest BCUT2D eigenvalue weighted by Gasteiger charge is 2.05. The van der Waals surface area contributed by atoms with Gasteiger partial charge in [0.25, 0.3) is 0 Å². The zero-order valence-electron chi connectivity index (χ0n) is 10.9. The number of primary amides is 1. The van der Waals surface area contributed by atoms with Crippen molar-refractivity contribution in [3.05, 3.63) is 63.1 Å². The minimum atomic E-state index is -0.430. The van der Waals surface area contributed by atoms with Crippen LogP contribution in [0.2, 0.25) is 10.0 Å². The molecule has 0 spiro atoms. The molecule has 2 rings (SSSR count). The summed E-state index contributed by atoms with van der Waals surface area (Å²) in [4.78, 5) is 11.1. The van der Waals surface area contributed by atoms with Gasteiger partial charge >= 0.3 is 0 Å². The molecule has 104 valence electrons. The topological polar surface area (TPSA) is 55.1 Å². The molecule has 0 heterocycles. The van der Waals surface area contributed by atoms with Crippen LogP contribution >= 0.6 is 23.2 Å². The van der Waals surface area contributed by atoms with Crippen molar-refractivity contribution < 1.29 is 4.79 Å². The van der Waals surface area contributed by atoms with Gasteiger partial charge in [0.15, 0.2) is 0 Å². The third kappa shape index (κ3) is 3.44. The summed E-state index contributed by atoms with van der Waals surface area (Å²) in [5.41, 5.74) is 8.58. The van der Waals surface area contributed by atoms with Gasteiger partial charge in [-0.3, -0.25) is 4.79 Å². The van der Waals surface area contributed by atoms with Gasteiger partial charge in [0, 0.05) is 27.8 Å². The average Bonchev–Trinajstić information content (AvgIpc) is 2.38. The third-order valence-corrected chi connectivity index (χ3v) is 3.58. The molecule has 1 amide bonds. The quantitative estimate of drug-likeness (QED) is 0.896. The summed E-state index contributed by atoms with van der Waals surface area (Å²) < 4.78 is 0. The van der Waals surface area contributed by atoms with Crippen molar-refractivity contribution in [2.24, 2.45) is 5.73 Å². The summed E-state index contributed by atoms with van der Waals surface area (Å²) in [6, 6.07) is 10.7. The summed E-state index contributed by atoms with van der Waals surface area (Å²) >= 11 is 12.0. The van der Waals surface area contributed by atoms with E-state index >= 15 is 0 Å². The second-order valence-electron chi connectivity index (χ2n) is 4.48. The fraction of sp³-hybridized carbons (Fsp3) is 0.133. The molecule has 0 unspecified atom stereocenters. The molecule has 0 aliphatic rings. The van der Waals surface area contributed by atoms with Crippen molar-refractivity contribution in [2.45, 2.75) is 13.5 Å². The number of aryl methyl sites for hydroxylation is 1.